The van der Waals surface area contributed by atoms with E-state index in [0.29, 0.717) is 0 Å². The summed E-state index contributed by atoms with van der Waals surface area (Å²) in [6.45, 7) is 18.1. The molecule has 0 aromatic heterocycles. The van der Waals surface area contributed by atoms with Crippen molar-refractivity contribution in [3.8, 4) is 0 Å². The standard InChI is InChI=1S/C17H35NO2.CH4/c1-16(2,3)19-11-8-7-9-15-13-18(14-15)10-12-20-17(4,5)6;/h15H,7-14H2,1-6H3;1H4. The summed E-state index contributed by atoms with van der Waals surface area (Å²) in [5, 5.41) is 0. The summed E-state index contributed by atoms with van der Waals surface area (Å²) in [5.41, 5.74) is 0.0116. The Labute approximate surface area is 133 Å². The Morgan fingerprint density at radius 1 is 0.857 bits per heavy atom. The molecule has 0 N–H and O–H groups in total. The van der Waals surface area contributed by atoms with E-state index < -0.39 is 0 Å². The molecule has 21 heavy (non-hydrogen) atoms. The molecule has 0 amide bonds. The maximum absolute atomic E-state index is 5.76. The number of hydrogen-bond donors (Lipinski definition) is 0. The lowest BCUT2D eigenvalue weighted by Crippen LogP contribution is -2.48. The number of likely N-dealkylation sites (tertiary alicyclic amines) is 1. The Morgan fingerprint density at radius 3 is 1.90 bits per heavy atom. The van der Waals surface area contributed by atoms with Gasteiger partial charge < -0.3 is 14.4 Å². The molecule has 0 spiro atoms. The minimum atomic E-state index is -0.00266. The number of hydrogen-bond acceptors (Lipinski definition) is 3. The molecule has 0 aromatic rings. The van der Waals surface area contributed by atoms with E-state index in [1.165, 1.54) is 32.4 Å². The number of nitrogens with zero attached hydrogens (tertiary/aromatic N) is 1. The van der Waals surface area contributed by atoms with Crippen LogP contribution in [0.3, 0.4) is 0 Å². The average Bonchev–Trinajstić information content (AvgIpc) is 2.20. The third kappa shape index (κ3) is 11.1. The Hall–Kier alpha value is -0.120. The second-order valence-corrected chi connectivity index (χ2v) is 8.04. The van der Waals surface area contributed by atoms with E-state index in [9.17, 15) is 0 Å². The van der Waals surface area contributed by atoms with Crippen LogP contribution in [0.15, 0.2) is 0 Å². The normalized spacial score (nSPS) is 17.4. The molecule has 0 atom stereocenters. The van der Waals surface area contributed by atoms with Crippen LogP contribution in [0.4, 0.5) is 0 Å². The Morgan fingerprint density at radius 2 is 1.38 bits per heavy atom. The second-order valence-electron chi connectivity index (χ2n) is 8.04. The van der Waals surface area contributed by atoms with Gasteiger partial charge in [-0.15, -0.1) is 0 Å². The molecule has 1 rings (SSSR count). The van der Waals surface area contributed by atoms with Crippen LogP contribution in [-0.2, 0) is 9.47 Å². The van der Waals surface area contributed by atoms with E-state index in [-0.39, 0.29) is 18.6 Å². The lowest BCUT2D eigenvalue weighted by Gasteiger charge is -2.39. The first kappa shape index (κ1) is 20.9. The van der Waals surface area contributed by atoms with Crippen molar-refractivity contribution in [2.75, 3.05) is 32.8 Å². The van der Waals surface area contributed by atoms with Gasteiger partial charge in [0, 0.05) is 26.2 Å². The van der Waals surface area contributed by atoms with Crippen LogP contribution in [0.5, 0.6) is 0 Å². The van der Waals surface area contributed by atoms with Crippen molar-refractivity contribution in [2.24, 2.45) is 5.92 Å². The molecule has 3 nitrogen and oxygen atoms in total. The fourth-order valence-electron chi connectivity index (χ4n) is 2.44. The molecule has 1 heterocycles. The maximum Gasteiger partial charge on any atom is 0.0600 e. The zero-order valence-corrected chi connectivity index (χ0v) is 14.5. The Kier molecular flexibility index (Phi) is 9.06. The highest BCUT2D eigenvalue weighted by Gasteiger charge is 2.25. The van der Waals surface area contributed by atoms with Gasteiger partial charge in [0.15, 0.2) is 0 Å². The van der Waals surface area contributed by atoms with Gasteiger partial charge in [-0.2, -0.15) is 0 Å². The Bertz CT molecular complexity index is 257. The zero-order valence-electron chi connectivity index (χ0n) is 14.5. The van der Waals surface area contributed by atoms with E-state index >= 15 is 0 Å². The molecule has 0 unspecified atom stereocenters. The number of ether oxygens (including phenoxy) is 2. The highest BCUT2D eigenvalue weighted by Crippen LogP contribution is 2.21. The second kappa shape index (κ2) is 9.12. The van der Waals surface area contributed by atoms with Gasteiger partial charge in [0.25, 0.3) is 0 Å². The largest absolute Gasteiger partial charge is 0.376 e. The molecular weight excluding hydrogens is 262 g/mol. The van der Waals surface area contributed by atoms with Gasteiger partial charge in [-0.25, -0.2) is 0 Å². The minimum absolute atomic E-state index is 0. The van der Waals surface area contributed by atoms with Crippen molar-refractivity contribution in [3.05, 3.63) is 0 Å². The molecule has 3 heteroatoms. The van der Waals surface area contributed by atoms with Crippen molar-refractivity contribution in [3.63, 3.8) is 0 Å². The zero-order chi connectivity index (χ0) is 15.2. The molecule has 0 bridgehead atoms. The van der Waals surface area contributed by atoms with Crippen molar-refractivity contribution >= 4 is 0 Å². The first-order chi connectivity index (χ1) is 9.16. The molecule has 0 aliphatic carbocycles. The van der Waals surface area contributed by atoms with Crippen LogP contribution in [0.25, 0.3) is 0 Å². The fourth-order valence-corrected chi connectivity index (χ4v) is 2.44. The third-order valence-electron chi connectivity index (χ3n) is 3.52. The smallest absolute Gasteiger partial charge is 0.0600 e. The van der Waals surface area contributed by atoms with E-state index in [1.807, 2.05) is 0 Å². The van der Waals surface area contributed by atoms with Crippen LogP contribution in [0.2, 0.25) is 0 Å². The SMILES string of the molecule is C.CC(C)(C)OCCCCC1CN(CCOC(C)(C)C)C1. The molecule has 0 radical (unpaired) electrons. The average molecular weight is 302 g/mol. The van der Waals surface area contributed by atoms with E-state index in [0.717, 1.165) is 25.7 Å². The lowest BCUT2D eigenvalue weighted by molar-refractivity contribution is -0.0292. The monoisotopic (exact) mass is 301 g/mol. The Balaban J connectivity index is 0.00000400. The predicted molar refractivity (Wildman–Crippen MR) is 91.9 cm³/mol. The molecule has 1 aliphatic heterocycles. The quantitative estimate of drug-likeness (QED) is 0.622. The van der Waals surface area contributed by atoms with Crippen molar-refractivity contribution in [2.45, 2.75) is 79.4 Å². The van der Waals surface area contributed by atoms with Gasteiger partial charge in [0.2, 0.25) is 0 Å². The van der Waals surface area contributed by atoms with Crippen molar-refractivity contribution in [1.82, 2.24) is 4.90 Å². The first-order valence-corrected chi connectivity index (χ1v) is 8.16. The van der Waals surface area contributed by atoms with Gasteiger partial charge in [-0.3, -0.25) is 0 Å². The fraction of sp³-hybridized carbons (Fsp3) is 1.00. The van der Waals surface area contributed by atoms with Gasteiger partial charge in [-0.05, 0) is 60.3 Å². The van der Waals surface area contributed by atoms with Crippen LogP contribution in [0, 0.1) is 5.92 Å². The van der Waals surface area contributed by atoms with Gasteiger partial charge in [-0.1, -0.05) is 13.8 Å². The third-order valence-corrected chi connectivity index (χ3v) is 3.52. The molecule has 1 saturated heterocycles. The molecular formula is C18H39NO2. The van der Waals surface area contributed by atoms with E-state index in [2.05, 4.69) is 46.4 Å². The van der Waals surface area contributed by atoms with Crippen molar-refractivity contribution < 1.29 is 9.47 Å². The molecule has 1 aliphatic rings. The molecule has 128 valence electrons. The van der Waals surface area contributed by atoms with E-state index in [1.54, 1.807) is 0 Å². The van der Waals surface area contributed by atoms with Crippen LogP contribution in [0.1, 0.15) is 68.2 Å². The summed E-state index contributed by atoms with van der Waals surface area (Å²) in [7, 11) is 0. The van der Waals surface area contributed by atoms with Gasteiger partial charge in [0.1, 0.15) is 0 Å². The van der Waals surface area contributed by atoms with Crippen LogP contribution >= 0.6 is 0 Å². The summed E-state index contributed by atoms with van der Waals surface area (Å²) in [6.07, 6.45) is 3.85. The molecule has 0 aromatic carbocycles. The summed E-state index contributed by atoms with van der Waals surface area (Å²) >= 11 is 0. The predicted octanol–water partition coefficient (Wildman–Crippen LogP) is 4.35. The lowest BCUT2D eigenvalue weighted by atomic mass is 9.94. The topological polar surface area (TPSA) is 21.7 Å². The maximum atomic E-state index is 5.76. The summed E-state index contributed by atoms with van der Waals surface area (Å²) in [4.78, 5) is 2.50. The summed E-state index contributed by atoms with van der Waals surface area (Å²) < 4.78 is 11.5. The minimum Gasteiger partial charge on any atom is -0.376 e. The highest BCUT2D eigenvalue weighted by atomic mass is 16.5. The number of unbranched alkanes of at least 4 members (excludes halogenated alkanes) is 1. The molecule has 0 saturated carbocycles. The summed E-state index contributed by atoms with van der Waals surface area (Å²) in [5.74, 6) is 0.902. The van der Waals surface area contributed by atoms with E-state index in [4.69, 9.17) is 9.47 Å². The highest BCUT2D eigenvalue weighted by molar-refractivity contribution is 4.79. The van der Waals surface area contributed by atoms with Crippen LogP contribution < -0.4 is 0 Å². The van der Waals surface area contributed by atoms with Gasteiger partial charge in [0.05, 0.1) is 17.8 Å². The number of rotatable bonds is 8. The van der Waals surface area contributed by atoms with Gasteiger partial charge >= 0.3 is 0 Å². The summed E-state index contributed by atoms with van der Waals surface area (Å²) in [6, 6.07) is 0. The first-order valence-electron chi connectivity index (χ1n) is 8.16. The van der Waals surface area contributed by atoms with Crippen LogP contribution in [-0.4, -0.2) is 49.0 Å². The molecule has 1 fully saturated rings. The van der Waals surface area contributed by atoms with Crippen molar-refractivity contribution in [1.29, 1.82) is 0 Å².